The Bertz CT molecular complexity index is 673. The van der Waals surface area contributed by atoms with Crippen LogP contribution in [0.15, 0.2) is 23.4 Å². The number of piperidine rings is 1. The van der Waals surface area contributed by atoms with Crippen molar-refractivity contribution in [1.29, 1.82) is 0 Å². The van der Waals surface area contributed by atoms with E-state index in [4.69, 9.17) is 0 Å². The molecule has 0 radical (unpaired) electrons. The molecule has 2 heterocycles. The summed E-state index contributed by atoms with van der Waals surface area (Å²) in [7, 11) is 0. The molecule has 3 rings (SSSR count). The van der Waals surface area contributed by atoms with E-state index in [-0.39, 0.29) is 5.91 Å². The fourth-order valence-electron chi connectivity index (χ4n) is 2.91. The Labute approximate surface area is 140 Å². The van der Waals surface area contributed by atoms with Crippen LogP contribution in [0.25, 0.3) is 5.69 Å². The number of carbonyl (C=O) groups excluding carboxylic acids is 1. The van der Waals surface area contributed by atoms with Gasteiger partial charge >= 0.3 is 0 Å². The number of tetrazole rings is 1. The molecule has 2 aromatic rings. The van der Waals surface area contributed by atoms with Gasteiger partial charge in [0.2, 0.25) is 11.1 Å². The average molecular weight is 331 g/mol. The van der Waals surface area contributed by atoms with Gasteiger partial charge in [0.1, 0.15) is 0 Å². The Hall–Kier alpha value is -1.89. The smallest absolute Gasteiger partial charge is 0.233 e. The summed E-state index contributed by atoms with van der Waals surface area (Å²) in [6.45, 7) is 5.83. The van der Waals surface area contributed by atoms with Gasteiger partial charge < -0.3 is 4.90 Å². The van der Waals surface area contributed by atoms with Crippen molar-refractivity contribution in [1.82, 2.24) is 25.1 Å². The van der Waals surface area contributed by atoms with Crippen molar-refractivity contribution in [3.63, 3.8) is 0 Å². The van der Waals surface area contributed by atoms with Gasteiger partial charge in [0, 0.05) is 13.1 Å². The second kappa shape index (κ2) is 7.12. The molecule has 23 heavy (non-hydrogen) atoms. The van der Waals surface area contributed by atoms with Crippen LogP contribution in [0.2, 0.25) is 0 Å². The minimum Gasteiger partial charge on any atom is -0.342 e. The van der Waals surface area contributed by atoms with E-state index in [1.54, 1.807) is 4.68 Å². The quantitative estimate of drug-likeness (QED) is 0.805. The Morgan fingerprint density at radius 3 is 2.57 bits per heavy atom. The monoisotopic (exact) mass is 331 g/mol. The first-order valence-corrected chi connectivity index (χ1v) is 8.91. The summed E-state index contributed by atoms with van der Waals surface area (Å²) in [5, 5.41) is 12.6. The maximum atomic E-state index is 12.3. The molecule has 122 valence electrons. The zero-order chi connectivity index (χ0) is 16.2. The summed E-state index contributed by atoms with van der Waals surface area (Å²) in [6, 6.07) is 6.10. The first kappa shape index (κ1) is 16.0. The predicted octanol–water partition coefficient (Wildman–Crippen LogP) is 2.38. The molecule has 0 atom stereocenters. The summed E-state index contributed by atoms with van der Waals surface area (Å²) in [5.74, 6) is 0.552. The number of benzene rings is 1. The molecule has 0 saturated carbocycles. The van der Waals surface area contributed by atoms with E-state index in [1.165, 1.54) is 18.2 Å². The fourth-order valence-corrected chi connectivity index (χ4v) is 3.69. The van der Waals surface area contributed by atoms with Gasteiger partial charge in [-0.3, -0.25) is 4.79 Å². The second-order valence-corrected chi connectivity index (χ2v) is 6.79. The predicted molar refractivity (Wildman–Crippen MR) is 89.8 cm³/mol. The molecule has 0 aliphatic carbocycles. The van der Waals surface area contributed by atoms with Crippen molar-refractivity contribution in [3.8, 4) is 5.69 Å². The summed E-state index contributed by atoms with van der Waals surface area (Å²) >= 11 is 1.40. The largest absolute Gasteiger partial charge is 0.342 e. The average Bonchev–Trinajstić information content (AvgIpc) is 3.01. The van der Waals surface area contributed by atoms with E-state index < -0.39 is 0 Å². The molecule has 1 aliphatic heterocycles. The van der Waals surface area contributed by atoms with Crippen LogP contribution in [0.5, 0.6) is 0 Å². The van der Waals surface area contributed by atoms with E-state index in [1.807, 2.05) is 36.9 Å². The number of nitrogens with zero attached hydrogens (tertiary/aromatic N) is 5. The van der Waals surface area contributed by atoms with E-state index in [0.29, 0.717) is 10.9 Å². The van der Waals surface area contributed by atoms with Gasteiger partial charge in [0.25, 0.3) is 0 Å². The van der Waals surface area contributed by atoms with Crippen LogP contribution in [0.3, 0.4) is 0 Å². The standard InChI is InChI=1S/C16H21N5OS/c1-12-7-6-8-13(2)15(12)21-16(17-18-19-21)23-11-14(22)20-9-4-3-5-10-20/h6-8H,3-5,9-11H2,1-2H3. The minimum absolute atomic E-state index is 0.172. The SMILES string of the molecule is Cc1cccc(C)c1-n1nnnc1SCC(=O)N1CCCCC1. The topological polar surface area (TPSA) is 63.9 Å². The van der Waals surface area contributed by atoms with Gasteiger partial charge in [0.15, 0.2) is 0 Å². The third-order valence-corrected chi connectivity index (χ3v) is 5.03. The zero-order valence-corrected chi connectivity index (χ0v) is 14.3. The summed E-state index contributed by atoms with van der Waals surface area (Å²) in [4.78, 5) is 14.3. The van der Waals surface area contributed by atoms with Gasteiger partial charge in [-0.25, -0.2) is 0 Å². The van der Waals surface area contributed by atoms with Crippen LogP contribution in [-0.4, -0.2) is 49.9 Å². The number of carbonyl (C=O) groups is 1. The van der Waals surface area contributed by atoms with Crippen LogP contribution in [-0.2, 0) is 4.79 Å². The third kappa shape index (κ3) is 3.55. The molecule has 1 aromatic carbocycles. The van der Waals surface area contributed by atoms with Crippen molar-refractivity contribution in [2.24, 2.45) is 0 Å². The molecule has 0 spiro atoms. The molecule has 1 aromatic heterocycles. The highest BCUT2D eigenvalue weighted by Gasteiger charge is 2.19. The van der Waals surface area contributed by atoms with Crippen LogP contribution in [0.4, 0.5) is 0 Å². The van der Waals surface area contributed by atoms with E-state index in [0.717, 1.165) is 42.7 Å². The lowest BCUT2D eigenvalue weighted by molar-refractivity contribution is -0.129. The molecule has 0 unspecified atom stereocenters. The summed E-state index contributed by atoms with van der Waals surface area (Å²) < 4.78 is 1.73. The number of aromatic nitrogens is 4. The minimum atomic E-state index is 0.172. The van der Waals surface area contributed by atoms with Crippen molar-refractivity contribution >= 4 is 17.7 Å². The number of thioether (sulfide) groups is 1. The fraction of sp³-hybridized carbons (Fsp3) is 0.500. The normalized spacial score (nSPS) is 15.0. The second-order valence-electron chi connectivity index (χ2n) is 5.84. The number of amides is 1. The molecule has 1 fully saturated rings. The highest BCUT2D eigenvalue weighted by atomic mass is 32.2. The Kier molecular flexibility index (Phi) is 4.95. The maximum absolute atomic E-state index is 12.3. The lowest BCUT2D eigenvalue weighted by Gasteiger charge is -2.26. The van der Waals surface area contributed by atoms with Gasteiger partial charge in [-0.05, 0) is 54.7 Å². The molecular formula is C16H21N5OS. The van der Waals surface area contributed by atoms with E-state index >= 15 is 0 Å². The number of hydrogen-bond donors (Lipinski definition) is 0. The maximum Gasteiger partial charge on any atom is 0.233 e. The number of rotatable bonds is 4. The van der Waals surface area contributed by atoms with Gasteiger partial charge in [-0.15, -0.1) is 5.10 Å². The zero-order valence-electron chi connectivity index (χ0n) is 13.5. The third-order valence-electron chi connectivity index (χ3n) is 4.13. The van der Waals surface area contributed by atoms with Gasteiger partial charge in [0.05, 0.1) is 11.4 Å². The molecule has 0 bridgehead atoms. The Balaban J connectivity index is 1.73. The van der Waals surface area contributed by atoms with E-state index in [2.05, 4.69) is 15.5 Å². The molecule has 0 N–H and O–H groups in total. The van der Waals surface area contributed by atoms with Crippen molar-refractivity contribution in [3.05, 3.63) is 29.3 Å². The summed E-state index contributed by atoms with van der Waals surface area (Å²) in [5.41, 5.74) is 3.22. The Morgan fingerprint density at radius 1 is 1.17 bits per heavy atom. The van der Waals surface area contributed by atoms with Crippen molar-refractivity contribution < 1.29 is 4.79 Å². The molecule has 6 nitrogen and oxygen atoms in total. The first-order valence-electron chi connectivity index (χ1n) is 7.92. The number of para-hydroxylation sites is 1. The lowest BCUT2D eigenvalue weighted by atomic mass is 10.1. The molecule has 1 saturated heterocycles. The first-order chi connectivity index (χ1) is 11.2. The Morgan fingerprint density at radius 2 is 1.87 bits per heavy atom. The number of likely N-dealkylation sites (tertiary alicyclic amines) is 1. The van der Waals surface area contributed by atoms with Crippen molar-refractivity contribution in [2.75, 3.05) is 18.8 Å². The molecule has 7 heteroatoms. The van der Waals surface area contributed by atoms with Crippen LogP contribution < -0.4 is 0 Å². The molecule has 1 amide bonds. The highest BCUT2D eigenvalue weighted by Crippen LogP contribution is 2.24. The lowest BCUT2D eigenvalue weighted by Crippen LogP contribution is -2.36. The highest BCUT2D eigenvalue weighted by molar-refractivity contribution is 7.99. The van der Waals surface area contributed by atoms with Crippen molar-refractivity contribution in [2.45, 2.75) is 38.3 Å². The number of hydrogen-bond acceptors (Lipinski definition) is 5. The van der Waals surface area contributed by atoms with E-state index in [9.17, 15) is 4.79 Å². The summed E-state index contributed by atoms with van der Waals surface area (Å²) in [6.07, 6.45) is 3.44. The van der Waals surface area contributed by atoms with Gasteiger partial charge in [-0.1, -0.05) is 30.0 Å². The van der Waals surface area contributed by atoms with Crippen LogP contribution in [0.1, 0.15) is 30.4 Å². The molecule has 1 aliphatic rings. The van der Waals surface area contributed by atoms with Crippen LogP contribution >= 0.6 is 11.8 Å². The number of aryl methyl sites for hydroxylation is 2. The van der Waals surface area contributed by atoms with Gasteiger partial charge in [-0.2, -0.15) is 4.68 Å². The molecular weight excluding hydrogens is 310 g/mol. The van der Waals surface area contributed by atoms with Crippen LogP contribution in [0, 0.1) is 13.8 Å².